The highest BCUT2D eigenvalue weighted by Gasteiger charge is 2.16. The molecule has 0 aliphatic carbocycles. The van der Waals surface area contributed by atoms with E-state index >= 15 is 0 Å². The minimum Gasteiger partial charge on any atom is -0.422 e. The molecule has 0 aromatic heterocycles. The Kier molecular flexibility index (Phi) is 3.95. The predicted molar refractivity (Wildman–Crippen MR) is 51.5 cm³/mol. The van der Waals surface area contributed by atoms with Crippen molar-refractivity contribution in [1.29, 1.82) is 0 Å². The molecule has 1 aromatic carbocycles. The van der Waals surface area contributed by atoms with Crippen molar-refractivity contribution in [1.82, 2.24) is 0 Å². The highest BCUT2D eigenvalue weighted by molar-refractivity contribution is 6.59. The molecule has 3 nitrogen and oxygen atoms in total. The van der Waals surface area contributed by atoms with Crippen molar-refractivity contribution in [2.75, 3.05) is 6.61 Å². The first-order chi connectivity index (χ1) is 6.24. The van der Waals surface area contributed by atoms with Gasteiger partial charge in [-0.2, -0.15) is 0 Å². The van der Waals surface area contributed by atoms with Crippen molar-refractivity contribution in [2.45, 2.75) is 13.8 Å². The van der Waals surface area contributed by atoms with E-state index in [9.17, 15) is 5.02 Å². The van der Waals surface area contributed by atoms with Crippen LogP contribution >= 0.6 is 0 Å². The van der Waals surface area contributed by atoms with Crippen molar-refractivity contribution in [3.05, 3.63) is 29.8 Å². The Labute approximate surface area is 78.4 Å². The van der Waals surface area contributed by atoms with Crippen LogP contribution in [0, 0.1) is 6.92 Å². The first-order valence-corrected chi connectivity index (χ1v) is 4.27. The Bertz CT molecular complexity index is 248. The molecule has 0 amide bonds. The van der Waals surface area contributed by atoms with Gasteiger partial charge in [-0.15, -0.1) is 0 Å². The molecule has 0 spiro atoms. The first-order valence-electron chi connectivity index (χ1n) is 4.27. The quantitative estimate of drug-likeness (QED) is 0.420. The second-order valence-corrected chi connectivity index (χ2v) is 2.77. The van der Waals surface area contributed by atoms with E-state index in [0.717, 1.165) is 5.56 Å². The summed E-state index contributed by atoms with van der Waals surface area (Å²) in [5.74, 6) is 0. The van der Waals surface area contributed by atoms with Gasteiger partial charge in [0.05, 0.1) is 6.61 Å². The molecule has 0 saturated carbocycles. The fourth-order valence-electron chi connectivity index (χ4n) is 0.919. The van der Waals surface area contributed by atoms with Crippen LogP contribution in [-0.4, -0.2) is 18.7 Å². The van der Waals surface area contributed by atoms with E-state index in [1.807, 2.05) is 19.1 Å². The minimum absolute atomic E-state index is 0.420. The summed E-state index contributed by atoms with van der Waals surface area (Å²) >= 11 is 0. The minimum atomic E-state index is -0.999. The molecular weight excluding hydrogens is 167 g/mol. The molecule has 1 aromatic rings. The summed E-state index contributed by atoms with van der Waals surface area (Å²) in [5.41, 5.74) is 1.84. The van der Waals surface area contributed by atoms with Crippen molar-refractivity contribution in [3.8, 4) is 0 Å². The lowest BCUT2D eigenvalue weighted by molar-refractivity contribution is -0.216. The average Bonchev–Trinajstić information content (AvgIpc) is 2.15. The van der Waals surface area contributed by atoms with Crippen molar-refractivity contribution in [2.24, 2.45) is 0 Å². The molecule has 1 N–H and O–H groups in total. The van der Waals surface area contributed by atoms with Gasteiger partial charge in [0.1, 0.15) is 0 Å². The molecule has 70 valence electrons. The zero-order chi connectivity index (χ0) is 9.68. The van der Waals surface area contributed by atoms with Crippen molar-refractivity contribution >= 4 is 12.6 Å². The highest BCUT2D eigenvalue weighted by Crippen LogP contribution is 1.94. The molecule has 0 bridgehead atoms. The van der Waals surface area contributed by atoms with Crippen LogP contribution in [0.4, 0.5) is 0 Å². The van der Waals surface area contributed by atoms with Gasteiger partial charge < -0.3 is 5.02 Å². The van der Waals surface area contributed by atoms with Gasteiger partial charge in [0.15, 0.2) is 0 Å². The predicted octanol–water partition coefficient (Wildman–Crippen LogP) is 0.651. The summed E-state index contributed by atoms with van der Waals surface area (Å²) in [7, 11) is -0.999. The second-order valence-electron chi connectivity index (χ2n) is 2.77. The summed E-state index contributed by atoms with van der Waals surface area (Å²) in [6.45, 7) is 4.20. The van der Waals surface area contributed by atoms with Gasteiger partial charge in [-0.05, 0) is 19.3 Å². The van der Waals surface area contributed by atoms with Gasteiger partial charge in [0, 0.05) is 0 Å². The number of hydrogen-bond donors (Lipinski definition) is 1. The van der Waals surface area contributed by atoms with Crippen LogP contribution in [0.25, 0.3) is 0 Å². The van der Waals surface area contributed by atoms with E-state index < -0.39 is 7.12 Å². The number of aryl methyl sites for hydroxylation is 1. The fourth-order valence-corrected chi connectivity index (χ4v) is 0.919. The van der Waals surface area contributed by atoms with Crippen LogP contribution in [0.5, 0.6) is 0 Å². The lowest BCUT2D eigenvalue weighted by atomic mass is 9.80. The van der Waals surface area contributed by atoms with Crippen molar-refractivity contribution in [3.63, 3.8) is 0 Å². The van der Waals surface area contributed by atoms with E-state index in [4.69, 9.17) is 0 Å². The van der Waals surface area contributed by atoms with E-state index in [0.29, 0.717) is 12.1 Å². The summed E-state index contributed by atoms with van der Waals surface area (Å²) in [5, 5.41) is 9.40. The van der Waals surface area contributed by atoms with Gasteiger partial charge >= 0.3 is 7.12 Å². The lowest BCUT2D eigenvalue weighted by Gasteiger charge is -2.05. The Hall–Kier alpha value is -0.835. The third-order valence-corrected chi connectivity index (χ3v) is 1.64. The monoisotopic (exact) mass is 180 g/mol. The van der Waals surface area contributed by atoms with Crippen LogP contribution < -0.4 is 5.46 Å². The number of hydrogen-bond acceptors (Lipinski definition) is 3. The van der Waals surface area contributed by atoms with Crippen LogP contribution in [-0.2, 0) is 9.69 Å². The summed E-state index contributed by atoms with van der Waals surface area (Å²) in [6.07, 6.45) is 0. The third-order valence-electron chi connectivity index (χ3n) is 1.64. The maximum absolute atomic E-state index is 9.40. The normalized spacial score (nSPS) is 10.1. The standard InChI is InChI=1S/C9H13BO3/c1-3-12-13-10(11)9-6-4-8(2)5-7-9/h4-7,11H,3H2,1-2H3. The van der Waals surface area contributed by atoms with Gasteiger partial charge in [-0.1, -0.05) is 29.8 Å². The van der Waals surface area contributed by atoms with Crippen LogP contribution in [0.3, 0.4) is 0 Å². The molecule has 0 heterocycles. The Morgan fingerprint density at radius 2 is 1.92 bits per heavy atom. The van der Waals surface area contributed by atoms with Gasteiger partial charge in [-0.25, -0.2) is 4.89 Å². The van der Waals surface area contributed by atoms with E-state index in [2.05, 4.69) is 9.69 Å². The van der Waals surface area contributed by atoms with Gasteiger partial charge in [0.2, 0.25) is 0 Å². The fraction of sp³-hybridized carbons (Fsp3) is 0.333. The molecular formula is C9H13BO3. The lowest BCUT2D eigenvalue weighted by Crippen LogP contribution is -2.33. The molecule has 0 aliphatic heterocycles. The molecule has 13 heavy (non-hydrogen) atoms. The Morgan fingerprint density at radius 3 is 2.46 bits per heavy atom. The second kappa shape index (κ2) is 5.02. The third kappa shape index (κ3) is 3.18. The molecule has 1 rings (SSSR count). The molecule has 0 saturated heterocycles. The van der Waals surface area contributed by atoms with Crippen LogP contribution in [0.15, 0.2) is 24.3 Å². The topological polar surface area (TPSA) is 38.7 Å². The largest absolute Gasteiger partial charge is 0.523 e. The molecule has 0 unspecified atom stereocenters. The van der Waals surface area contributed by atoms with E-state index in [-0.39, 0.29) is 0 Å². The Balaban J connectivity index is 2.55. The zero-order valence-electron chi connectivity index (χ0n) is 7.86. The number of benzene rings is 1. The maximum atomic E-state index is 9.40. The molecule has 0 atom stereocenters. The molecule has 0 aliphatic rings. The molecule has 0 fully saturated rings. The molecule has 0 radical (unpaired) electrons. The summed E-state index contributed by atoms with van der Waals surface area (Å²) < 4.78 is 0. The average molecular weight is 180 g/mol. The molecule has 4 heteroatoms. The maximum Gasteiger partial charge on any atom is 0.523 e. The SMILES string of the molecule is CCOOB(O)c1ccc(C)cc1. The van der Waals surface area contributed by atoms with Crippen molar-refractivity contribution < 1.29 is 14.7 Å². The summed E-state index contributed by atoms with van der Waals surface area (Å²) in [6, 6.07) is 7.43. The Morgan fingerprint density at radius 1 is 1.31 bits per heavy atom. The van der Waals surface area contributed by atoms with Gasteiger partial charge in [-0.3, -0.25) is 4.81 Å². The zero-order valence-corrected chi connectivity index (χ0v) is 7.86. The first kappa shape index (κ1) is 10.2. The van der Waals surface area contributed by atoms with E-state index in [1.165, 1.54) is 0 Å². The van der Waals surface area contributed by atoms with E-state index in [1.54, 1.807) is 19.1 Å². The van der Waals surface area contributed by atoms with Crippen LogP contribution in [0.2, 0.25) is 0 Å². The number of rotatable bonds is 4. The highest BCUT2D eigenvalue weighted by atomic mass is 17.2. The summed E-state index contributed by atoms with van der Waals surface area (Å²) in [4.78, 5) is 9.30. The van der Waals surface area contributed by atoms with Crippen LogP contribution in [0.1, 0.15) is 12.5 Å². The van der Waals surface area contributed by atoms with Gasteiger partial charge in [0.25, 0.3) is 0 Å². The smallest absolute Gasteiger partial charge is 0.422 e.